The predicted octanol–water partition coefficient (Wildman–Crippen LogP) is 0.877. The topological polar surface area (TPSA) is 59.4 Å². The number of imidazole rings is 1. The highest BCUT2D eigenvalue weighted by Gasteiger charge is 2.29. The summed E-state index contributed by atoms with van der Waals surface area (Å²) in [6.45, 7) is 5.22. The lowest BCUT2D eigenvalue weighted by Gasteiger charge is -2.31. The minimum atomic E-state index is -0.391. The van der Waals surface area contributed by atoms with E-state index in [2.05, 4.69) is 22.1 Å². The van der Waals surface area contributed by atoms with Gasteiger partial charge in [-0.05, 0) is 19.4 Å². The Morgan fingerprint density at radius 1 is 1.58 bits per heavy atom. The second-order valence-corrected chi connectivity index (χ2v) is 5.13. The third-order valence-corrected chi connectivity index (χ3v) is 3.73. The van der Waals surface area contributed by atoms with E-state index in [1.165, 1.54) is 12.8 Å². The van der Waals surface area contributed by atoms with E-state index in [1.807, 2.05) is 10.8 Å². The molecule has 0 spiro atoms. The lowest BCUT2D eigenvalue weighted by molar-refractivity contribution is -0.133. The molecule has 0 aromatic carbocycles. The number of morpholine rings is 1. The van der Waals surface area contributed by atoms with Crippen molar-refractivity contribution < 1.29 is 9.53 Å². The SMILES string of the molecule is CCN1CCOC(C(=O)Nc2nccn2C2CC2)C1. The van der Waals surface area contributed by atoms with Crippen LogP contribution in [0, 0.1) is 0 Å². The van der Waals surface area contributed by atoms with E-state index in [0.717, 1.165) is 13.1 Å². The van der Waals surface area contributed by atoms with Gasteiger partial charge in [0.05, 0.1) is 6.61 Å². The van der Waals surface area contributed by atoms with Gasteiger partial charge in [0.1, 0.15) is 6.10 Å². The molecule has 1 aromatic rings. The number of hydrogen-bond acceptors (Lipinski definition) is 4. The number of anilines is 1. The second-order valence-electron chi connectivity index (χ2n) is 5.13. The van der Waals surface area contributed by atoms with Crippen molar-refractivity contribution in [3.63, 3.8) is 0 Å². The zero-order valence-electron chi connectivity index (χ0n) is 11.2. The van der Waals surface area contributed by atoms with Crippen molar-refractivity contribution in [1.29, 1.82) is 0 Å². The van der Waals surface area contributed by atoms with Crippen molar-refractivity contribution in [3.05, 3.63) is 12.4 Å². The molecule has 2 fully saturated rings. The summed E-state index contributed by atoms with van der Waals surface area (Å²) in [6.07, 6.45) is 5.60. The maximum atomic E-state index is 12.2. The number of amides is 1. The summed E-state index contributed by atoms with van der Waals surface area (Å²) >= 11 is 0. The maximum Gasteiger partial charge on any atom is 0.257 e. The van der Waals surface area contributed by atoms with Crippen LogP contribution in [0.1, 0.15) is 25.8 Å². The average molecular weight is 264 g/mol. The van der Waals surface area contributed by atoms with Crippen LogP contribution in [0.3, 0.4) is 0 Å². The van der Waals surface area contributed by atoms with Crippen LogP contribution < -0.4 is 5.32 Å². The van der Waals surface area contributed by atoms with Gasteiger partial charge in [-0.1, -0.05) is 6.92 Å². The van der Waals surface area contributed by atoms with Crippen LogP contribution in [0.4, 0.5) is 5.95 Å². The Kier molecular flexibility index (Phi) is 3.52. The third kappa shape index (κ3) is 2.79. The molecule has 2 aliphatic rings. The highest BCUT2D eigenvalue weighted by molar-refractivity contribution is 5.93. The molecule has 1 amide bonds. The number of hydrogen-bond donors (Lipinski definition) is 1. The van der Waals surface area contributed by atoms with E-state index in [9.17, 15) is 4.79 Å². The van der Waals surface area contributed by atoms with Gasteiger partial charge in [0, 0.05) is 31.5 Å². The fourth-order valence-electron chi connectivity index (χ4n) is 2.40. The van der Waals surface area contributed by atoms with E-state index < -0.39 is 6.10 Å². The molecule has 1 aromatic heterocycles. The number of aromatic nitrogens is 2. The molecule has 104 valence electrons. The van der Waals surface area contributed by atoms with E-state index in [1.54, 1.807) is 6.20 Å². The van der Waals surface area contributed by atoms with Gasteiger partial charge in [-0.25, -0.2) is 4.98 Å². The Balaban J connectivity index is 1.62. The highest BCUT2D eigenvalue weighted by atomic mass is 16.5. The Morgan fingerprint density at radius 2 is 2.42 bits per heavy atom. The van der Waals surface area contributed by atoms with E-state index in [4.69, 9.17) is 4.74 Å². The van der Waals surface area contributed by atoms with Crippen LogP contribution in [-0.4, -0.2) is 52.7 Å². The molecular formula is C13H20N4O2. The van der Waals surface area contributed by atoms with Gasteiger partial charge in [0.15, 0.2) is 0 Å². The molecule has 1 unspecified atom stereocenters. The molecule has 6 nitrogen and oxygen atoms in total. The van der Waals surface area contributed by atoms with E-state index in [0.29, 0.717) is 25.1 Å². The molecule has 6 heteroatoms. The van der Waals surface area contributed by atoms with Gasteiger partial charge in [-0.2, -0.15) is 0 Å². The summed E-state index contributed by atoms with van der Waals surface area (Å²) in [4.78, 5) is 18.6. The smallest absolute Gasteiger partial charge is 0.257 e. The summed E-state index contributed by atoms with van der Waals surface area (Å²) in [5, 5.41) is 2.89. The number of ether oxygens (including phenoxy) is 1. The normalized spacial score (nSPS) is 24.4. The molecule has 0 radical (unpaired) electrons. The summed E-state index contributed by atoms with van der Waals surface area (Å²) in [7, 11) is 0. The zero-order chi connectivity index (χ0) is 13.2. The lowest BCUT2D eigenvalue weighted by Crippen LogP contribution is -2.47. The molecule has 1 aliphatic heterocycles. The van der Waals surface area contributed by atoms with Crippen LogP contribution in [0.5, 0.6) is 0 Å². The highest BCUT2D eigenvalue weighted by Crippen LogP contribution is 2.36. The van der Waals surface area contributed by atoms with Crippen LogP contribution in [-0.2, 0) is 9.53 Å². The molecule has 1 aliphatic carbocycles. The van der Waals surface area contributed by atoms with E-state index >= 15 is 0 Å². The van der Waals surface area contributed by atoms with Gasteiger partial charge >= 0.3 is 0 Å². The number of carbonyl (C=O) groups is 1. The van der Waals surface area contributed by atoms with Gasteiger partial charge < -0.3 is 9.30 Å². The summed E-state index contributed by atoms with van der Waals surface area (Å²) in [5.41, 5.74) is 0. The van der Waals surface area contributed by atoms with Crippen molar-refractivity contribution in [1.82, 2.24) is 14.5 Å². The third-order valence-electron chi connectivity index (χ3n) is 3.73. The molecule has 1 N–H and O–H groups in total. The summed E-state index contributed by atoms with van der Waals surface area (Å²) < 4.78 is 7.59. The molecule has 1 atom stereocenters. The zero-order valence-corrected chi connectivity index (χ0v) is 11.2. The van der Waals surface area contributed by atoms with E-state index in [-0.39, 0.29) is 5.91 Å². The number of nitrogens with one attached hydrogen (secondary N) is 1. The Morgan fingerprint density at radius 3 is 3.16 bits per heavy atom. The maximum absolute atomic E-state index is 12.2. The molecular weight excluding hydrogens is 244 g/mol. The first-order valence-electron chi connectivity index (χ1n) is 6.95. The largest absolute Gasteiger partial charge is 0.366 e. The van der Waals surface area contributed by atoms with Crippen LogP contribution in [0.2, 0.25) is 0 Å². The fraction of sp³-hybridized carbons (Fsp3) is 0.692. The minimum Gasteiger partial charge on any atom is -0.366 e. The number of likely N-dealkylation sites (N-methyl/N-ethyl adjacent to an activating group) is 1. The van der Waals surface area contributed by atoms with Gasteiger partial charge in [-0.15, -0.1) is 0 Å². The molecule has 1 saturated heterocycles. The van der Waals surface area contributed by atoms with Gasteiger partial charge in [0.25, 0.3) is 5.91 Å². The predicted molar refractivity (Wildman–Crippen MR) is 71.0 cm³/mol. The molecule has 2 heterocycles. The van der Waals surface area contributed by atoms with Crippen LogP contribution in [0.25, 0.3) is 0 Å². The van der Waals surface area contributed by atoms with Crippen LogP contribution >= 0.6 is 0 Å². The second kappa shape index (κ2) is 5.30. The first-order chi connectivity index (χ1) is 9.28. The van der Waals surface area contributed by atoms with Crippen molar-refractivity contribution in [2.24, 2.45) is 0 Å². The fourth-order valence-corrected chi connectivity index (χ4v) is 2.40. The van der Waals surface area contributed by atoms with Gasteiger partial charge in [0.2, 0.25) is 5.95 Å². The minimum absolute atomic E-state index is 0.0914. The standard InChI is InChI=1S/C13H20N4O2/c1-2-16-7-8-19-11(9-16)12(18)15-13-14-5-6-17(13)10-3-4-10/h5-6,10-11H,2-4,7-9H2,1H3,(H,14,15,18). The number of nitrogens with zero attached hydrogens (tertiary/aromatic N) is 3. The molecule has 3 rings (SSSR count). The number of rotatable bonds is 4. The van der Waals surface area contributed by atoms with Crippen molar-refractivity contribution in [2.75, 3.05) is 31.6 Å². The molecule has 1 saturated carbocycles. The number of carbonyl (C=O) groups excluding carboxylic acids is 1. The lowest BCUT2D eigenvalue weighted by atomic mass is 10.2. The van der Waals surface area contributed by atoms with Crippen molar-refractivity contribution in [3.8, 4) is 0 Å². The van der Waals surface area contributed by atoms with Crippen LogP contribution in [0.15, 0.2) is 12.4 Å². The Hall–Kier alpha value is -1.40. The monoisotopic (exact) mass is 264 g/mol. The molecule has 19 heavy (non-hydrogen) atoms. The summed E-state index contributed by atoms with van der Waals surface area (Å²) in [5.74, 6) is 0.552. The molecule has 0 bridgehead atoms. The Bertz CT molecular complexity index is 455. The first-order valence-corrected chi connectivity index (χ1v) is 6.95. The van der Waals surface area contributed by atoms with Gasteiger partial charge in [-0.3, -0.25) is 15.0 Å². The summed E-state index contributed by atoms with van der Waals surface area (Å²) in [6, 6.07) is 0.511. The Labute approximate surface area is 112 Å². The first kappa shape index (κ1) is 12.6. The quantitative estimate of drug-likeness (QED) is 0.877. The average Bonchev–Trinajstić information content (AvgIpc) is 3.19. The van der Waals surface area contributed by atoms with Crippen molar-refractivity contribution in [2.45, 2.75) is 31.9 Å². The van der Waals surface area contributed by atoms with Crippen molar-refractivity contribution >= 4 is 11.9 Å².